The van der Waals surface area contributed by atoms with E-state index in [-0.39, 0.29) is 17.4 Å². The van der Waals surface area contributed by atoms with Crippen molar-refractivity contribution in [2.75, 3.05) is 6.61 Å². The number of aldehydes is 1. The van der Waals surface area contributed by atoms with E-state index in [1.54, 1.807) is 0 Å². The van der Waals surface area contributed by atoms with Crippen molar-refractivity contribution in [1.29, 1.82) is 0 Å². The molecule has 0 saturated heterocycles. The predicted molar refractivity (Wildman–Crippen MR) is 76.9 cm³/mol. The highest BCUT2D eigenvalue weighted by Crippen LogP contribution is 2.36. The average molecular weight is 283 g/mol. The number of nitro groups is 1. The second kappa shape index (κ2) is 5.36. The third-order valence-corrected chi connectivity index (χ3v) is 3.72. The molecule has 21 heavy (non-hydrogen) atoms. The molecule has 5 heteroatoms. The van der Waals surface area contributed by atoms with E-state index >= 15 is 0 Å². The summed E-state index contributed by atoms with van der Waals surface area (Å²) in [5, 5.41) is 11.0. The van der Waals surface area contributed by atoms with Crippen LogP contribution in [0.4, 0.5) is 5.69 Å². The number of carbonyl (C=O) groups is 1. The van der Waals surface area contributed by atoms with Crippen LogP contribution < -0.4 is 4.74 Å². The maximum atomic E-state index is 11.0. The van der Waals surface area contributed by atoms with Gasteiger partial charge in [-0.15, -0.1) is 0 Å². The highest BCUT2D eigenvalue weighted by molar-refractivity contribution is 5.77. The van der Waals surface area contributed by atoms with E-state index in [0.717, 1.165) is 6.42 Å². The van der Waals surface area contributed by atoms with Crippen molar-refractivity contribution in [2.45, 2.75) is 12.3 Å². The summed E-state index contributed by atoms with van der Waals surface area (Å²) in [5.41, 5.74) is 2.77. The standard InChI is InChI=1S/C16H13NO4/c18-9-11-5-6-15(17(19)20)16(7-11)21-10-13-8-12-3-1-2-4-14(12)13/h1-7,9,13H,8,10H2. The van der Waals surface area contributed by atoms with Crippen molar-refractivity contribution in [1.82, 2.24) is 0 Å². The van der Waals surface area contributed by atoms with Gasteiger partial charge in [0.2, 0.25) is 0 Å². The van der Waals surface area contributed by atoms with Gasteiger partial charge in [-0.2, -0.15) is 0 Å². The number of rotatable bonds is 5. The van der Waals surface area contributed by atoms with Crippen LogP contribution in [0.1, 0.15) is 27.4 Å². The van der Waals surface area contributed by atoms with Gasteiger partial charge in [0.1, 0.15) is 6.29 Å². The van der Waals surface area contributed by atoms with Crippen LogP contribution in [-0.4, -0.2) is 17.8 Å². The zero-order valence-electron chi connectivity index (χ0n) is 11.2. The van der Waals surface area contributed by atoms with E-state index in [2.05, 4.69) is 6.07 Å². The number of hydrogen-bond donors (Lipinski definition) is 0. The number of hydrogen-bond acceptors (Lipinski definition) is 4. The summed E-state index contributed by atoms with van der Waals surface area (Å²) in [6, 6.07) is 12.2. The van der Waals surface area contributed by atoms with Crippen LogP contribution in [0.25, 0.3) is 0 Å². The molecule has 1 aliphatic rings. The van der Waals surface area contributed by atoms with Crippen LogP contribution in [0, 0.1) is 10.1 Å². The molecule has 5 nitrogen and oxygen atoms in total. The van der Waals surface area contributed by atoms with Crippen LogP contribution in [0.3, 0.4) is 0 Å². The lowest BCUT2D eigenvalue weighted by Crippen LogP contribution is -2.23. The first kappa shape index (κ1) is 13.3. The molecule has 0 saturated carbocycles. The van der Waals surface area contributed by atoms with Crippen molar-refractivity contribution in [3.63, 3.8) is 0 Å². The summed E-state index contributed by atoms with van der Waals surface area (Å²) in [4.78, 5) is 21.3. The third-order valence-electron chi connectivity index (χ3n) is 3.72. The fourth-order valence-electron chi connectivity index (χ4n) is 2.57. The second-order valence-corrected chi connectivity index (χ2v) is 5.01. The van der Waals surface area contributed by atoms with Crippen LogP contribution >= 0.6 is 0 Å². The number of carbonyl (C=O) groups excluding carboxylic acids is 1. The zero-order chi connectivity index (χ0) is 14.8. The summed E-state index contributed by atoms with van der Waals surface area (Å²) < 4.78 is 5.60. The molecule has 0 heterocycles. The Morgan fingerprint density at radius 3 is 2.81 bits per heavy atom. The minimum absolute atomic E-state index is 0.117. The first-order valence-corrected chi connectivity index (χ1v) is 6.63. The molecule has 1 aliphatic carbocycles. The van der Waals surface area contributed by atoms with E-state index in [9.17, 15) is 14.9 Å². The number of nitrogens with zero attached hydrogens (tertiary/aromatic N) is 1. The molecule has 0 aliphatic heterocycles. The van der Waals surface area contributed by atoms with Crippen LogP contribution in [0.15, 0.2) is 42.5 Å². The monoisotopic (exact) mass is 283 g/mol. The molecule has 2 aromatic carbocycles. The number of fused-ring (bicyclic) bond motifs is 1. The molecule has 2 aromatic rings. The Labute approximate surface area is 121 Å². The van der Waals surface area contributed by atoms with Gasteiger partial charge >= 0.3 is 5.69 Å². The van der Waals surface area contributed by atoms with Crippen LogP contribution in [0.2, 0.25) is 0 Å². The molecule has 1 unspecified atom stereocenters. The van der Waals surface area contributed by atoms with E-state index in [0.29, 0.717) is 18.5 Å². The SMILES string of the molecule is O=Cc1ccc([N+](=O)[O-])c(OCC2Cc3ccccc32)c1. The molecular formula is C16H13NO4. The van der Waals surface area contributed by atoms with Gasteiger partial charge in [-0.3, -0.25) is 14.9 Å². The summed E-state index contributed by atoms with van der Waals surface area (Å²) in [5.74, 6) is 0.398. The molecule has 0 bridgehead atoms. The van der Waals surface area contributed by atoms with E-state index in [4.69, 9.17) is 4.74 Å². The van der Waals surface area contributed by atoms with Crippen molar-refractivity contribution in [2.24, 2.45) is 0 Å². The topological polar surface area (TPSA) is 69.4 Å². The lowest BCUT2D eigenvalue weighted by Gasteiger charge is -2.29. The fraction of sp³-hybridized carbons (Fsp3) is 0.188. The highest BCUT2D eigenvalue weighted by Gasteiger charge is 2.27. The normalized spacial score (nSPS) is 15.7. The lowest BCUT2D eigenvalue weighted by molar-refractivity contribution is -0.385. The molecular weight excluding hydrogens is 270 g/mol. The third kappa shape index (κ3) is 2.50. The molecule has 3 rings (SSSR count). The number of ether oxygens (including phenoxy) is 1. The van der Waals surface area contributed by atoms with Crippen LogP contribution in [-0.2, 0) is 6.42 Å². The number of benzene rings is 2. The Morgan fingerprint density at radius 2 is 2.10 bits per heavy atom. The Hall–Kier alpha value is -2.69. The predicted octanol–water partition coefficient (Wildman–Crippen LogP) is 3.13. The van der Waals surface area contributed by atoms with Crippen molar-refractivity contribution in [3.05, 3.63) is 69.3 Å². The summed E-state index contributed by atoms with van der Waals surface area (Å²) >= 11 is 0. The van der Waals surface area contributed by atoms with Gasteiger partial charge in [0, 0.05) is 17.5 Å². The van der Waals surface area contributed by atoms with Gasteiger partial charge in [-0.25, -0.2) is 0 Å². The maximum Gasteiger partial charge on any atom is 0.310 e. The molecule has 0 N–H and O–H groups in total. The van der Waals surface area contributed by atoms with Gasteiger partial charge in [0.05, 0.1) is 11.5 Å². The largest absolute Gasteiger partial charge is 0.486 e. The molecule has 0 radical (unpaired) electrons. The van der Waals surface area contributed by atoms with Gasteiger partial charge < -0.3 is 4.74 Å². The first-order valence-electron chi connectivity index (χ1n) is 6.63. The van der Waals surface area contributed by atoms with Gasteiger partial charge in [-0.1, -0.05) is 24.3 Å². The maximum absolute atomic E-state index is 11.0. The average Bonchev–Trinajstić information content (AvgIpc) is 2.47. The fourth-order valence-corrected chi connectivity index (χ4v) is 2.57. The Balaban J connectivity index is 1.76. The van der Waals surface area contributed by atoms with Crippen molar-refractivity contribution >= 4 is 12.0 Å². The molecule has 1 atom stereocenters. The molecule has 0 amide bonds. The van der Waals surface area contributed by atoms with E-state index in [1.807, 2.05) is 18.2 Å². The second-order valence-electron chi connectivity index (χ2n) is 5.01. The Morgan fingerprint density at radius 1 is 1.29 bits per heavy atom. The van der Waals surface area contributed by atoms with Gasteiger partial charge in [0.25, 0.3) is 0 Å². The van der Waals surface area contributed by atoms with Gasteiger partial charge in [0.15, 0.2) is 5.75 Å². The zero-order valence-corrected chi connectivity index (χ0v) is 11.2. The summed E-state index contributed by atoms with van der Waals surface area (Å²) in [6.07, 6.45) is 1.56. The first-order chi connectivity index (χ1) is 10.2. The minimum atomic E-state index is -0.501. The van der Waals surface area contributed by atoms with E-state index in [1.165, 1.54) is 29.3 Å². The quantitative estimate of drug-likeness (QED) is 0.480. The smallest absolute Gasteiger partial charge is 0.310 e. The molecule has 106 valence electrons. The van der Waals surface area contributed by atoms with Gasteiger partial charge in [-0.05, 0) is 29.7 Å². The number of nitro benzene ring substituents is 1. The Bertz CT molecular complexity index is 711. The van der Waals surface area contributed by atoms with Crippen LogP contribution in [0.5, 0.6) is 5.75 Å². The lowest BCUT2D eigenvalue weighted by atomic mass is 9.78. The minimum Gasteiger partial charge on any atom is -0.486 e. The molecule has 0 spiro atoms. The summed E-state index contributed by atoms with van der Waals surface area (Å²) in [7, 11) is 0. The van der Waals surface area contributed by atoms with E-state index < -0.39 is 4.92 Å². The summed E-state index contributed by atoms with van der Waals surface area (Å²) in [6.45, 7) is 0.375. The Kier molecular flexibility index (Phi) is 3.39. The van der Waals surface area contributed by atoms with Crippen molar-refractivity contribution < 1.29 is 14.5 Å². The highest BCUT2D eigenvalue weighted by atomic mass is 16.6. The van der Waals surface area contributed by atoms with Crippen molar-refractivity contribution in [3.8, 4) is 5.75 Å². The molecule has 0 fully saturated rings. The molecule has 0 aromatic heterocycles.